The van der Waals surface area contributed by atoms with Crippen LogP contribution in [0.3, 0.4) is 0 Å². The quantitative estimate of drug-likeness (QED) is 0.728. The molecule has 0 saturated carbocycles. The van der Waals surface area contributed by atoms with E-state index in [0.717, 1.165) is 16.6 Å². The minimum atomic E-state index is -0.0386. The van der Waals surface area contributed by atoms with Crippen molar-refractivity contribution in [2.75, 3.05) is 13.1 Å². The number of nitrogens with zero attached hydrogens (tertiary/aromatic N) is 3. The van der Waals surface area contributed by atoms with Crippen LogP contribution in [0.1, 0.15) is 31.0 Å². The molecule has 1 saturated heterocycles. The fourth-order valence-corrected chi connectivity index (χ4v) is 3.98. The number of hydrogen-bond donors (Lipinski definition) is 1. The first kappa shape index (κ1) is 19.2. The Morgan fingerprint density at radius 3 is 2.45 bits per heavy atom. The van der Waals surface area contributed by atoms with Gasteiger partial charge in [-0.15, -0.1) is 0 Å². The van der Waals surface area contributed by atoms with Crippen molar-refractivity contribution < 1.29 is 9.59 Å². The van der Waals surface area contributed by atoms with Gasteiger partial charge in [0.05, 0.1) is 24.3 Å². The molecule has 1 fully saturated rings. The average molecular weight is 390 g/mol. The van der Waals surface area contributed by atoms with E-state index in [0.29, 0.717) is 39.0 Å². The summed E-state index contributed by atoms with van der Waals surface area (Å²) >= 11 is 0. The van der Waals surface area contributed by atoms with Crippen LogP contribution in [0.25, 0.3) is 10.9 Å². The third kappa shape index (κ3) is 4.31. The lowest BCUT2D eigenvalue weighted by molar-refractivity contribution is -0.134. The zero-order chi connectivity index (χ0) is 20.2. The first-order valence-electron chi connectivity index (χ1n) is 10.1. The molecule has 1 aromatic heterocycles. The minimum absolute atomic E-state index is 0.0386. The van der Waals surface area contributed by atoms with Crippen molar-refractivity contribution in [2.45, 2.75) is 32.9 Å². The Hall–Kier alpha value is -3.15. The van der Waals surface area contributed by atoms with Gasteiger partial charge in [0, 0.05) is 31.3 Å². The van der Waals surface area contributed by atoms with Crippen LogP contribution in [0.2, 0.25) is 0 Å². The molecule has 0 bridgehead atoms. The van der Waals surface area contributed by atoms with Crippen LogP contribution in [0.4, 0.5) is 0 Å². The van der Waals surface area contributed by atoms with E-state index in [4.69, 9.17) is 5.10 Å². The lowest BCUT2D eigenvalue weighted by atomic mass is 9.96. The van der Waals surface area contributed by atoms with Crippen molar-refractivity contribution >= 4 is 22.7 Å². The molecule has 0 radical (unpaired) electrons. The summed E-state index contributed by atoms with van der Waals surface area (Å²) in [7, 11) is 0. The van der Waals surface area contributed by atoms with Crippen molar-refractivity contribution in [3.63, 3.8) is 0 Å². The highest BCUT2D eigenvalue weighted by molar-refractivity contribution is 5.83. The zero-order valence-electron chi connectivity index (χ0n) is 16.7. The van der Waals surface area contributed by atoms with Crippen LogP contribution < -0.4 is 5.32 Å². The molecule has 3 aromatic rings. The number of carbonyl (C=O) groups is 2. The fraction of sp³-hybridized carbons (Fsp3) is 0.348. The van der Waals surface area contributed by atoms with E-state index in [1.165, 1.54) is 5.56 Å². The zero-order valence-corrected chi connectivity index (χ0v) is 16.7. The standard InChI is InChI=1S/C23H26N4O2/c1-17(28)26-13-11-19(12-14-26)23(29)24-15-21-20-9-5-6-10-22(20)27(25-21)16-18-7-3-2-4-8-18/h2-10,19H,11-16H2,1H3,(H,24,29). The van der Waals surface area contributed by atoms with Crippen molar-refractivity contribution in [1.29, 1.82) is 0 Å². The summed E-state index contributed by atoms with van der Waals surface area (Å²) in [5.41, 5.74) is 3.13. The van der Waals surface area contributed by atoms with Gasteiger partial charge in [0.2, 0.25) is 11.8 Å². The van der Waals surface area contributed by atoms with Gasteiger partial charge in [-0.1, -0.05) is 48.5 Å². The predicted molar refractivity (Wildman–Crippen MR) is 112 cm³/mol. The highest BCUT2D eigenvalue weighted by Gasteiger charge is 2.26. The number of carbonyl (C=O) groups excluding carboxylic acids is 2. The van der Waals surface area contributed by atoms with E-state index in [2.05, 4.69) is 29.6 Å². The molecule has 0 spiro atoms. The van der Waals surface area contributed by atoms with Crippen LogP contribution in [-0.2, 0) is 22.7 Å². The molecule has 1 aliphatic heterocycles. The predicted octanol–water partition coefficient (Wildman–Crippen LogP) is 2.96. The van der Waals surface area contributed by atoms with Crippen LogP contribution in [0.15, 0.2) is 54.6 Å². The maximum absolute atomic E-state index is 12.6. The number of aromatic nitrogens is 2. The maximum Gasteiger partial charge on any atom is 0.223 e. The van der Waals surface area contributed by atoms with Gasteiger partial charge < -0.3 is 10.2 Å². The van der Waals surface area contributed by atoms with Crippen molar-refractivity contribution in [1.82, 2.24) is 20.0 Å². The Balaban J connectivity index is 1.44. The minimum Gasteiger partial charge on any atom is -0.350 e. The second-order valence-electron chi connectivity index (χ2n) is 7.61. The van der Waals surface area contributed by atoms with E-state index in [-0.39, 0.29) is 17.7 Å². The lowest BCUT2D eigenvalue weighted by Crippen LogP contribution is -2.42. The highest BCUT2D eigenvalue weighted by atomic mass is 16.2. The summed E-state index contributed by atoms with van der Waals surface area (Å²) in [6.45, 7) is 3.99. The molecule has 1 aliphatic rings. The Morgan fingerprint density at radius 2 is 1.72 bits per heavy atom. The van der Waals surface area contributed by atoms with E-state index in [9.17, 15) is 9.59 Å². The molecule has 29 heavy (non-hydrogen) atoms. The lowest BCUT2D eigenvalue weighted by Gasteiger charge is -2.30. The average Bonchev–Trinajstić information content (AvgIpc) is 3.10. The third-order valence-electron chi connectivity index (χ3n) is 5.65. The Morgan fingerprint density at radius 1 is 1.03 bits per heavy atom. The van der Waals surface area contributed by atoms with E-state index in [1.807, 2.05) is 39.9 Å². The SMILES string of the molecule is CC(=O)N1CCC(C(=O)NCc2nn(Cc3ccccc3)c3ccccc23)CC1. The van der Waals surface area contributed by atoms with Crippen LogP contribution >= 0.6 is 0 Å². The van der Waals surface area contributed by atoms with Gasteiger partial charge >= 0.3 is 0 Å². The van der Waals surface area contributed by atoms with E-state index in [1.54, 1.807) is 6.92 Å². The molecule has 0 atom stereocenters. The summed E-state index contributed by atoms with van der Waals surface area (Å²) < 4.78 is 2.00. The summed E-state index contributed by atoms with van der Waals surface area (Å²) in [6.07, 6.45) is 1.43. The molecule has 6 nitrogen and oxygen atoms in total. The van der Waals surface area contributed by atoms with Crippen LogP contribution in [0.5, 0.6) is 0 Å². The number of hydrogen-bond acceptors (Lipinski definition) is 3. The summed E-state index contributed by atoms with van der Waals surface area (Å²) in [6, 6.07) is 18.4. The van der Waals surface area contributed by atoms with Gasteiger partial charge in [-0.2, -0.15) is 5.10 Å². The van der Waals surface area contributed by atoms with Crippen LogP contribution in [0, 0.1) is 5.92 Å². The number of likely N-dealkylation sites (tertiary alicyclic amines) is 1. The molecule has 2 amide bonds. The number of fused-ring (bicyclic) bond motifs is 1. The van der Waals surface area contributed by atoms with Gasteiger partial charge in [0.25, 0.3) is 0 Å². The first-order chi connectivity index (χ1) is 14.1. The molecule has 2 heterocycles. The fourth-order valence-electron chi connectivity index (χ4n) is 3.98. The third-order valence-corrected chi connectivity index (χ3v) is 5.65. The van der Waals surface area contributed by atoms with E-state index < -0.39 is 0 Å². The molecule has 2 aromatic carbocycles. The molecule has 0 aliphatic carbocycles. The topological polar surface area (TPSA) is 67.2 Å². The van der Waals surface area contributed by atoms with Gasteiger partial charge in [0.1, 0.15) is 0 Å². The molecule has 1 N–H and O–H groups in total. The Bertz CT molecular complexity index is 1000. The molecule has 150 valence electrons. The molecular weight excluding hydrogens is 364 g/mol. The summed E-state index contributed by atoms with van der Waals surface area (Å²) in [5.74, 6) is 0.0949. The second kappa shape index (κ2) is 8.47. The van der Waals surface area contributed by atoms with E-state index >= 15 is 0 Å². The summed E-state index contributed by atoms with van der Waals surface area (Å²) in [5, 5.41) is 8.91. The smallest absolute Gasteiger partial charge is 0.223 e. The van der Waals surface area contributed by atoms with Crippen molar-refractivity contribution in [3.05, 3.63) is 65.9 Å². The summed E-state index contributed by atoms with van der Waals surface area (Å²) in [4.78, 5) is 25.9. The largest absolute Gasteiger partial charge is 0.350 e. The molecule has 4 rings (SSSR count). The first-order valence-corrected chi connectivity index (χ1v) is 10.1. The van der Waals surface area contributed by atoms with Gasteiger partial charge in [-0.3, -0.25) is 14.3 Å². The number of benzene rings is 2. The molecule has 6 heteroatoms. The van der Waals surface area contributed by atoms with Gasteiger partial charge in [-0.05, 0) is 24.5 Å². The van der Waals surface area contributed by atoms with Crippen molar-refractivity contribution in [2.24, 2.45) is 5.92 Å². The number of nitrogens with one attached hydrogen (secondary N) is 1. The highest BCUT2D eigenvalue weighted by Crippen LogP contribution is 2.21. The number of piperidine rings is 1. The van der Waals surface area contributed by atoms with Crippen molar-refractivity contribution in [3.8, 4) is 0 Å². The maximum atomic E-state index is 12.6. The Kier molecular flexibility index (Phi) is 5.60. The number of rotatable bonds is 5. The number of para-hydroxylation sites is 1. The second-order valence-corrected chi connectivity index (χ2v) is 7.61. The van der Waals surface area contributed by atoms with Gasteiger partial charge in [-0.25, -0.2) is 0 Å². The van der Waals surface area contributed by atoms with Crippen LogP contribution in [-0.4, -0.2) is 39.6 Å². The van der Waals surface area contributed by atoms with Gasteiger partial charge in [0.15, 0.2) is 0 Å². The molecular formula is C23H26N4O2. The molecule has 0 unspecified atom stereocenters. The monoisotopic (exact) mass is 390 g/mol. The Labute approximate surface area is 170 Å². The number of amides is 2. The normalized spacial score (nSPS) is 14.9.